The highest BCUT2D eigenvalue weighted by Crippen LogP contribution is 2.26. The molecule has 1 rings (SSSR count). The van der Waals surface area contributed by atoms with Gasteiger partial charge in [0, 0.05) is 13.0 Å². The normalized spacial score (nSPS) is 19.9. The van der Waals surface area contributed by atoms with Crippen molar-refractivity contribution in [2.75, 3.05) is 26.4 Å². The minimum absolute atomic E-state index is 0.0417. The molecular formula is C50H96O12S. The third kappa shape index (κ3) is 35.7. The van der Waals surface area contributed by atoms with Crippen molar-refractivity contribution in [1.29, 1.82) is 0 Å². The summed E-state index contributed by atoms with van der Waals surface area (Å²) in [5.41, 5.74) is 0. The van der Waals surface area contributed by atoms with Crippen LogP contribution in [0.15, 0.2) is 12.2 Å². The first-order valence-electron chi connectivity index (χ1n) is 25.9. The van der Waals surface area contributed by atoms with Crippen LogP contribution in [-0.4, -0.2) is 97.5 Å². The van der Waals surface area contributed by atoms with Gasteiger partial charge in [0.05, 0.1) is 19.8 Å². The number of esters is 1. The van der Waals surface area contributed by atoms with E-state index in [9.17, 15) is 33.1 Å². The molecule has 374 valence electrons. The van der Waals surface area contributed by atoms with Crippen LogP contribution in [0.25, 0.3) is 0 Å². The third-order valence-electron chi connectivity index (χ3n) is 12.1. The Balaban J connectivity index is 2.29. The number of carbonyl (C=O) groups excluding carboxylic acids is 1. The molecule has 1 heterocycles. The van der Waals surface area contributed by atoms with Gasteiger partial charge in [-0.3, -0.25) is 9.35 Å². The van der Waals surface area contributed by atoms with Gasteiger partial charge in [0.15, 0.2) is 6.29 Å². The molecule has 0 bridgehead atoms. The molecule has 13 heteroatoms. The Bertz CT molecular complexity index is 1150. The number of carbonyl (C=O) groups is 1. The monoisotopic (exact) mass is 921 g/mol. The van der Waals surface area contributed by atoms with Gasteiger partial charge in [-0.05, 0) is 38.5 Å². The number of hydrogen-bond donors (Lipinski definition) is 4. The summed E-state index contributed by atoms with van der Waals surface area (Å²) < 4.78 is 59.2. The van der Waals surface area contributed by atoms with Gasteiger partial charge < -0.3 is 34.3 Å². The molecule has 0 spiro atoms. The van der Waals surface area contributed by atoms with Crippen LogP contribution in [0, 0.1) is 0 Å². The summed E-state index contributed by atoms with van der Waals surface area (Å²) in [7, 11) is -5.06. The fourth-order valence-corrected chi connectivity index (χ4v) is 8.71. The van der Waals surface area contributed by atoms with Gasteiger partial charge >= 0.3 is 16.4 Å². The predicted molar refractivity (Wildman–Crippen MR) is 253 cm³/mol. The van der Waals surface area contributed by atoms with Crippen LogP contribution in [-0.2, 0) is 38.3 Å². The Labute approximate surface area is 385 Å². The van der Waals surface area contributed by atoms with E-state index in [2.05, 4.69) is 30.2 Å². The second-order valence-electron chi connectivity index (χ2n) is 18.1. The van der Waals surface area contributed by atoms with E-state index in [4.69, 9.17) is 18.9 Å². The zero-order valence-electron chi connectivity index (χ0n) is 40.2. The highest BCUT2D eigenvalue weighted by atomic mass is 32.3. The third-order valence-corrected chi connectivity index (χ3v) is 12.6. The van der Waals surface area contributed by atoms with Crippen LogP contribution < -0.4 is 0 Å². The summed E-state index contributed by atoms with van der Waals surface area (Å²) in [5.74, 6) is -0.395. The van der Waals surface area contributed by atoms with Crippen molar-refractivity contribution in [3.05, 3.63) is 12.2 Å². The lowest BCUT2D eigenvalue weighted by molar-refractivity contribution is -0.301. The molecule has 6 atom stereocenters. The Morgan fingerprint density at radius 2 is 1.00 bits per heavy atom. The summed E-state index contributed by atoms with van der Waals surface area (Å²) in [6.07, 6.45) is 38.3. The first-order chi connectivity index (χ1) is 30.6. The van der Waals surface area contributed by atoms with Crippen LogP contribution in [0.4, 0.5) is 0 Å². The van der Waals surface area contributed by atoms with Gasteiger partial charge in [-0.1, -0.05) is 206 Å². The molecular weight excluding hydrogens is 825 g/mol. The molecule has 0 aromatic carbocycles. The van der Waals surface area contributed by atoms with Crippen LogP contribution in [0.2, 0.25) is 0 Å². The summed E-state index contributed by atoms with van der Waals surface area (Å²) in [5, 5.41) is 30.7. The van der Waals surface area contributed by atoms with E-state index in [1.54, 1.807) is 0 Å². The Kier molecular flexibility index (Phi) is 40.1. The molecule has 0 amide bonds. The van der Waals surface area contributed by atoms with Crippen LogP contribution in [0.1, 0.15) is 239 Å². The number of unbranched alkanes of at least 4 members (excludes halogenated alkanes) is 31. The average Bonchev–Trinajstić information content (AvgIpc) is 3.26. The van der Waals surface area contributed by atoms with E-state index in [-0.39, 0.29) is 19.6 Å². The van der Waals surface area contributed by atoms with E-state index in [1.165, 1.54) is 173 Å². The van der Waals surface area contributed by atoms with Crippen molar-refractivity contribution in [3.8, 4) is 0 Å². The lowest BCUT2D eigenvalue weighted by Crippen LogP contribution is -2.60. The van der Waals surface area contributed by atoms with Crippen molar-refractivity contribution >= 4 is 16.4 Å². The molecule has 4 N–H and O–H groups in total. The van der Waals surface area contributed by atoms with Crippen molar-refractivity contribution in [1.82, 2.24) is 0 Å². The van der Waals surface area contributed by atoms with Crippen molar-refractivity contribution in [2.24, 2.45) is 0 Å². The van der Waals surface area contributed by atoms with Gasteiger partial charge in [0.25, 0.3) is 0 Å². The quantitative estimate of drug-likeness (QED) is 0.0197. The summed E-state index contributed by atoms with van der Waals surface area (Å²) >= 11 is 0. The molecule has 12 nitrogen and oxygen atoms in total. The minimum atomic E-state index is -5.06. The summed E-state index contributed by atoms with van der Waals surface area (Å²) in [6, 6.07) is 0. The Hall–Kier alpha value is -1.16. The number of ether oxygens (including phenoxy) is 4. The smallest absolute Gasteiger partial charge is 0.397 e. The molecule has 6 unspecified atom stereocenters. The molecule has 63 heavy (non-hydrogen) atoms. The van der Waals surface area contributed by atoms with Crippen molar-refractivity contribution in [2.45, 2.75) is 275 Å². The van der Waals surface area contributed by atoms with E-state index >= 15 is 0 Å². The lowest BCUT2D eigenvalue weighted by atomic mass is 9.99. The van der Waals surface area contributed by atoms with Crippen LogP contribution in [0.3, 0.4) is 0 Å². The maximum Gasteiger partial charge on any atom is 0.397 e. The maximum atomic E-state index is 12.9. The van der Waals surface area contributed by atoms with Crippen LogP contribution >= 0.6 is 0 Å². The SMILES string of the molecule is CCCCCCCCCC/C=C\CCCCCCCCCCCCCCOCC(COC1OC(CO)C(O)C(OS(=O)(=O)O)C1O)OC(=O)CCCCCCCCCCCCCC. The zero-order valence-corrected chi connectivity index (χ0v) is 41.0. The highest BCUT2D eigenvalue weighted by Gasteiger charge is 2.48. The molecule has 1 fully saturated rings. The van der Waals surface area contributed by atoms with E-state index < -0.39 is 59.8 Å². The standard InChI is InChI=1S/C50H96O12S/c1-3-5-7-9-11-13-15-17-18-19-20-21-22-23-24-25-26-27-28-30-32-34-36-38-40-58-42-44(60-46(52)39-37-35-33-31-29-16-14-12-10-8-6-4-2)43-59-50-48(54)49(62-63(55,56)57)47(53)45(41-51)61-50/h19-20,44-45,47-51,53-54H,3-18,21-43H2,1-2H3,(H,55,56,57)/b20-19-. The van der Waals surface area contributed by atoms with Gasteiger partial charge in [0.2, 0.25) is 0 Å². The molecule has 0 saturated carbocycles. The fourth-order valence-electron chi connectivity index (χ4n) is 8.20. The number of hydrogen-bond acceptors (Lipinski definition) is 11. The van der Waals surface area contributed by atoms with Crippen LogP contribution in [0.5, 0.6) is 0 Å². The molecule has 1 aliphatic heterocycles. The van der Waals surface area contributed by atoms with Gasteiger partial charge in [0.1, 0.15) is 30.5 Å². The van der Waals surface area contributed by atoms with E-state index in [1.807, 2.05) is 0 Å². The molecule has 0 aliphatic carbocycles. The second kappa shape index (κ2) is 42.2. The second-order valence-corrected chi connectivity index (χ2v) is 19.2. The Morgan fingerprint density at radius 1 is 0.587 bits per heavy atom. The van der Waals surface area contributed by atoms with E-state index in [0.29, 0.717) is 13.0 Å². The molecule has 1 saturated heterocycles. The van der Waals surface area contributed by atoms with Crippen molar-refractivity contribution in [3.63, 3.8) is 0 Å². The Morgan fingerprint density at radius 3 is 1.43 bits per heavy atom. The summed E-state index contributed by atoms with van der Waals surface area (Å²) in [4.78, 5) is 12.9. The van der Waals surface area contributed by atoms with E-state index in [0.717, 1.165) is 38.5 Å². The number of aliphatic hydroxyl groups excluding tert-OH is 3. The van der Waals surface area contributed by atoms with Gasteiger partial charge in [-0.15, -0.1) is 0 Å². The molecule has 0 radical (unpaired) electrons. The first kappa shape index (κ1) is 59.9. The minimum Gasteiger partial charge on any atom is -0.457 e. The summed E-state index contributed by atoms with van der Waals surface area (Å²) in [6.45, 7) is 4.02. The lowest BCUT2D eigenvalue weighted by Gasteiger charge is -2.41. The number of allylic oxidation sites excluding steroid dienone is 2. The highest BCUT2D eigenvalue weighted by molar-refractivity contribution is 7.80. The van der Waals surface area contributed by atoms with Gasteiger partial charge in [-0.25, -0.2) is 4.18 Å². The number of rotatable bonds is 46. The zero-order chi connectivity index (χ0) is 46.1. The molecule has 1 aliphatic rings. The first-order valence-corrected chi connectivity index (χ1v) is 27.3. The fraction of sp³-hybridized carbons (Fsp3) is 0.940. The predicted octanol–water partition coefficient (Wildman–Crippen LogP) is 11.8. The number of aliphatic hydroxyl groups is 3. The molecule has 0 aromatic rings. The maximum absolute atomic E-state index is 12.9. The largest absolute Gasteiger partial charge is 0.457 e. The van der Waals surface area contributed by atoms with Crippen molar-refractivity contribution < 1.29 is 56.2 Å². The average molecular weight is 921 g/mol. The topological polar surface area (TPSA) is 178 Å². The molecule has 0 aromatic heterocycles. The van der Waals surface area contributed by atoms with Gasteiger partial charge in [-0.2, -0.15) is 8.42 Å².